The molecule has 1 aliphatic rings. The lowest BCUT2D eigenvalue weighted by Crippen LogP contribution is -2.40. The van der Waals surface area contributed by atoms with Gasteiger partial charge in [0.1, 0.15) is 12.7 Å². The predicted octanol–water partition coefficient (Wildman–Crippen LogP) is 2.98. The van der Waals surface area contributed by atoms with Gasteiger partial charge in [-0.2, -0.15) is 0 Å². The van der Waals surface area contributed by atoms with Gasteiger partial charge in [-0.15, -0.1) is 6.58 Å². The lowest BCUT2D eigenvalue weighted by molar-refractivity contribution is 0.0553. The van der Waals surface area contributed by atoms with E-state index in [2.05, 4.69) is 23.8 Å². The van der Waals surface area contributed by atoms with E-state index < -0.39 is 6.10 Å². The van der Waals surface area contributed by atoms with Gasteiger partial charge in [0.05, 0.1) is 7.11 Å². The van der Waals surface area contributed by atoms with Crippen molar-refractivity contribution in [2.24, 2.45) is 0 Å². The Kier molecular flexibility index (Phi) is 8.95. The maximum atomic E-state index is 10.3. The Morgan fingerprint density at radius 1 is 1.31 bits per heavy atom. The average molecular weight is 363 g/mol. The lowest BCUT2D eigenvalue weighted by atomic mass is 9.94. The summed E-state index contributed by atoms with van der Waals surface area (Å²) in [5, 5.41) is 13.6. The fraction of sp³-hybridized carbons (Fsp3) is 0.619. The number of nitrogens with zero attached hydrogens (tertiary/aromatic N) is 1. The van der Waals surface area contributed by atoms with Crippen LogP contribution in [0.5, 0.6) is 11.5 Å². The van der Waals surface area contributed by atoms with Gasteiger partial charge in [-0.3, -0.25) is 0 Å². The maximum absolute atomic E-state index is 10.3. The molecule has 1 fully saturated rings. The number of aliphatic hydroxyl groups excluding tert-OH is 1. The molecule has 0 heterocycles. The second-order valence-corrected chi connectivity index (χ2v) is 7.10. The van der Waals surface area contributed by atoms with E-state index in [1.54, 1.807) is 7.11 Å². The Morgan fingerprint density at radius 3 is 2.77 bits per heavy atom. The zero-order chi connectivity index (χ0) is 18.8. The highest BCUT2D eigenvalue weighted by molar-refractivity contribution is 5.43. The molecule has 0 spiro atoms. The summed E-state index contributed by atoms with van der Waals surface area (Å²) in [5.74, 6) is 1.36. The second kappa shape index (κ2) is 11.2. The molecule has 5 nitrogen and oxygen atoms in total. The van der Waals surface area contributed by atoms with Crippen LogP contribution in [0.15, 0.2) is 30.9 Å². The van der Waals surface area contributed by atoms with Crippen LogP contribution in [-0.2, 0) is 6.54 Å². The monoisotopic (exact) mass is 362 g/mol. The van der Waals surface area contributed by atoms with Crippen LogP contribution in [0.4, 0.5) is 0 Å². The van der Waals surface area contributed by atoms with Crippen molar-refractivity contribution in [3.05, 3.63) is 36.4 Å². The topological polar surface area (TPSA) is 54.0 Å². The summed E-state index contributed by atoms with van der Waals surface area (Å²) < 4.78 is 11.3. The molecule has 5 heteroatoms. The summed E-state index contributed by atoms with van der Waals surface area (Å²) in [6.45, 7) is 6.11. The van der Waals surface area contributed by atoms with Gasteiger partial charge in [0.25, 0.3) is 0 Å². The smallest absolute Gasteiger partial charge is 0.161 e. The van der Waals surface area contributed by atoms with Crippen LogP contribution in [0.1, 0.15) is 37.7 Å². The first kappa shape index (κ1) is 20.7. The minimum Gasteiger partial charge on any atom is -0.493 e. The molecule has 2 rings (SSSR count). The van der Waals surface area contributed by atoms with E-state index in [-0.39, 0.29) is 6.61 Å². The van der Waals surface area contributed by atoms with Crippen LogP contribution < -0.4 is 14.8 Å². The number of nitrogens with one attached hydrogen (secondary N) is 1. The van der Waals surface area contributed by atoms with E-state index >= 15 is 0 Å². The normalized spacial score (nSPS) is 16.5. The van der Waals surface area contributed by atoms with Gasteiger partial charge in [0.15, 0.2) is 11.5 Å². The summed E-state index contributed by atoms with van der Waals surface area (Å²) in [6.07, 6.45) is 7.73. The molecule has 1 unspecified atom stereocenters. The third-order valence-corrected chi connectivity index (χ3v) is 4.97. The summed E-state index contributed by atoms with van der Waals surface area (Å²) in [6, 6.07) is 6.47. The molecule has 0 radical (unpaired) electrons. The Hall–Kier alpha value is -1.56. The van der Waals surface area contributed by atoms with Crippen molar-refractivity contribution in [2.45, 2.75) is 50.8 Å². The molecule has 2 N–H and O–H groups in total. The Morgan fingerprint density at radius 2 is 2.08 bits per heavy atom. The molecule has 0 bridgehead atoms. The third kappa shape index (κ3) is 6.63. The Balaban J connectivity index is 1.82. The van der Waals surface area contributed by atoms with Crippen molar-refractivity contribution in [3.63, 3.8) is 0 Å². The zero-order valence-corrected chi connectivity index (χ0v) is 16.2. The fourth-order valence-electron chi connectivity index (χ4n) is 3.50. The number of methoxy groups -OCH3 is 1. The molecule has 1 saturated carbocycles. The molecular formula is C21H34N2O3. The standard InChI is InChI=1S/C21H34N2O3/c1-4-12-22-14-17-10-11-20(21(13-17)25-3)26-16-19(24)15-23(2)18-8-6-5-7-9-18/h4,10-11,13,18-19,22,24H,1,5-9,12,14-16H2,2-3H3. The Labute approximate surface area is 158 Å². The minimum atomic E-state index is -0.513. The molecule has 0 saturated heterocycles. The molecule has 1 atom stereocenters. The summed E-state index contributed by atoms with van der Waals surface area (Å²) in [4.78, 5) is 2.28. The number of benzene rings is 1. The van der Waals surface area contributed by atoms with Gasteiger partial charge < -0.3 is 24.8 Å². The summed E-state index contributed by atoms with van der Waals surface area (Å²) in [7, 11) is 3.74. The quantitative estimate of drug-likeness (QED) is 0.468. The molecule has 26 heavy (non-hydrogen) atoms. The van der Waals surface area contributed by atoms with Gasteiger partial charge in [-0.25, -0.2) is 0 Å². The third-order valence-electron chi connectivity index (χ3n) is 4.97. The first-order valence-electron chi connectivity index (χ1n) is 9.63. The lowest BCUT2D eigenvalue weighted by Gasteiger charge is -2.32. The van der Waals surface area contributed by atoms with Gasteiger partial charge in [0.2, 0.25) is 0 Å². The van der Waals surface area contributed by atoms with Crippen LogP contribution in [-0.4, -0.2) is 56.0 Å². The number of rotatable bonds is 11. The number of hydrogen-bond donors (Lipinski definition) is 2. The largest absolute Gasteiger partial charge is 0.493 e. The van der Waals surface area contributed by atoms with Crippen LogP contribution in [0.2, 0.25) is 0 Å². The van der Waals surface area contributed by atoms with Gasteiger partial charge in [-0.1, -0.05) is 31.4 Å². The van der Waals surface area contributed by atoms with E-state index in [9.17, 15) is 5.11 Å². The molecule has 0 aliphatic heterocycles. The average Bonchev–Trinajstić information content (AvgIpc) is 2.67. The first-order valence-corrected chi connectivity index (χ1v) is 9.63. The SMILES string of the molecule is C=CCNCc1ccc(OCC(O)CN(C)C2CCCCC2)c(OC)c1. The fourth-order valence-corrected chi connectivity index (χ4v) is 3.50. The molecule has 1 aromatic rings. The number of aliphatic hydroxyl groups is 1. The van der Waals surface area contributed by atoms with E-state index in [1.165, 1.54) is 32.1 Å². The zero-order valence-electron chi connectivity index (χ0n) is 16.2. The molecule has 1 aliphatic carbocycles. The van der Waals surface area contributed by atoms with Crippen LogP contribution in [0, 0.1) is 0 Å². The van der Waals surface area contributed by atoms with Gasteiger partial charge >= 0.3 is 0 Å². The maximum Gasteiger partial charge on any atom is 0.161 e. The molecule has 0 amide bonds. The predicted molar refractivity (Wildman–Crippen MR) is 106 cm³/mol. The number of hydrogen-bond acceptors (Lipinski definition) is 5. The number of likely N-dealkylation sites (N-methyl/N-ethyl adjacent to an activating group) is 1. The molecule has 0 aromatic heterocycles. The van der Waals surface area contributed by atoms with Crippen molar-refractivity contribution in [2.75, 3.05) is 33.9 Å². The number of ether oxygens (including phenoxy) is 2. The van der Waals surface area contributed by atoms with Gasteiger partial charge in [0, 0.05) is 25.7 Å². The van der Waals surface area contributed by atoms with Crippen LogP contribution >= 0.6 is 0 Å². The van der Waals surface area contributed by atoms with Crippen LogP contribution in [0.3, 0.4) is 0 Å². The van der Waals surface area contributed by atoms with Crippen molar-refractivity contribution in [1.82, 2.24) is 10.2 Å². The molecular weight excluding hydrogens is 328 g/mol. The van der Waals surface area contributed by atoms with E-state index in [0.29, 0.717) is 24.1 Å². The molecule has 1 aromatic carbocycles. The van der Waals surface area contributed by atoms with E-state index in [1.807, 2.05) is 24.3 Å². The van der Waals surface area contributed by atoms with Crippen LogP contribution in [0.25, 0.3) is 0 Å². The second-order valence-electron chi connectivity index (χ2n) is 7.10. The summed E-state index contributed by atoms with van der Waals surface area (Å²) in [5.41, 5.74) is 1.12. The molecule has 146 valence electrons. The van der Waals surface area contributed by atoms with E-state index in [4.69, 9.17) is 9.47 Å². The summed E-state index contributed by atoms with van der Waals surface area (Å²) >= 11 is 0. The highest BCUT2D eigenvalue weighted by Gasteiger charge is 2.20. The highest BCUT2D eigenvalue weighted by Crippen LogP contribution is 2.28. The van der Waals surface area contributed by atoms with Crippen molar-refractivity contribution >= 4 is 0 Å². The van der Waals surface area contributed by atoms with Gasteiger partial charge in [-0.05, 0) is 37.6 Å². The van der Waals surface area contributed by atoms with Crippen molar-refractivity contribution in [1.29, 1.82) is 0 Å². The van der Waals surface area contributed by atoms with Crippen molar-refractivity contribution in [3.8, 4) is 11.5 Å². The highest BCUT2D eigenvalue weighted by atomic mass is 16.5. The van der Waals surface area contributed by atoms with Crippen molar-refractivity contribution < 1.29 is 14.6 Å². The first-order chi connectivity index (χ1) is 12.6. The minimum absolute atomic E-state index is 0.265. The Bertz CT molecular complexity index is 544. The van der Waals surface area contributed by atoms with E-state index in [0.717, 1.165) is 18.7 Å².